The average molecular weight is 781 g/mol. The maximum atomic E-state index is 12.7. The van der Waals surface area contributed by atoms with Crippen LogP contribution in [0.5, 0.6) is 0 Å². The molecule has 2 unspecified atom stereocenters. The highest BCUT2D eigenvalue weighted by molar-refractivity contribution is 5.70. The number of aliphatic hydroxyl groups is 4. The summed E-state index contributed by atoms with van der Waals surface area (Å²) in [6.07, 6.45) is 33.0. The van der Waals surface area contributed by atoms with Crippen LogP contribution in [0.3, 0.4) is 0 Å². The molecule has 0 radical (unpaired) electrons. The largest absolute Gasteiger partial charge is 0.462 e. The van der Waals surface area contributed by atoms with E-state index in [4.69, 9.17) is 18.9 Å². The van der Waals surface area contributed by atoms with Gasteiger partial charge in [-0.15, -0.1) is 0 Å². The van der Waals surface area contributed by atoms with Crippen molar-refractivity contribution in [3.63, 3.8) is 0 Å². The summed E-state index contributed by atoms with van der Waals surface area (Å²) >= 11 is 0. The lowest BCUT2D eigenvalue weighted by molar-refractivity contribution is -0.305. The Balaban J connectivity index is 2.30. The van der Waals surface area contributed by atoms with Gasteiger partial charge in [-0.3, -0.25) is 9.59 Å². The van der Waals surface area contributed by atoms with Crippen molar-refractivity contribution in [1.29, 1.82) is 0 Å². The number of carbonyl (C=O) groups excluding carboxylic acids is 2. The van der Waals surface area contributed by atoms with Gasteiger partial charge in [0.1, 0.15) is 31.0 Å². The molecular weight excluding hydrogens is 700 g/mol. The van der Waals surface area contributed by atoms with E-state index in [0.717, 1.165) is 77.0 Å². The molecule has 0 saturated carbocycles. The number of unbranched alkanes of at least 4 members (excludes halogenated alkanes) is 19. The molecule has 0 aromatic carbocycles. The number of ether oxygens (including phenoxy) is 4. The summed E-state index contributed by atoms with van der Waals surface area (Å²) in [7, 11) is 0. The minimum absolute atomic E-state index is 0.218. The highest BCUT2D eigenvalue weighted by Crippen LogP contribution is 2.22. The topological polar surface area (TPSA) is 152 Å². The third-order valence-electron chi connectivity index (χ3n) is 10.00. The standard InChI is InChI=1S/C45H80O10/c1-3-5-7-9-11-13-15-16-17-18-19-20-21-22-24-25-27-29-31-33-40(47)52-36-38(37-53-45-44(51)43(50)42(49)39(35-46)55-45)54-41(48)34-32-30-28-26-23-14-12-10-8-6-4-2/h10-13,16-17,38-39,42-46,49-51H,3-9,14-15,18-37H2,1-2H3/b12-10+,13-11+,17-16+/t38-,39-,42+,43?,44?,45-/m0/s1. The molecule has 1 rings (SSSR count). The first-order valence-electron chi connectivity index (χ1n) is 22.1. The minimum Gasteiger partial charge on any atom is -0.462 e. The number of esters is 2. The lowest BCUT2D eigenvalue weighted by Crippen LogP contribution is -2.59. The van der Waals surface area contributed by atoms with Gasteiger partial charge in [0, 0.05) is 12.8 Å². The zero-order chi connectivity index (χ0) is 40.2. The second kappa shape index (κ2) is 36.3. The molecule has 1 fully saturated rings. The molecule has 0 amide bonds. The first-order chi connectivity index (χ1) is 26.8. The van der Waals surface area contributed by atoms with E-state index >= 15 is 0 Å². The number of hydrogen-bond donors (Lipinski definition) is 4. The summed E-state index contributed by atoms with van der Waals surface area (Å²) in [5.74, 6) is -0.822. The van der Waals surface area contributed by atoms with E-state index in [9.17, 15) is 30.0 Å². The van der Waals surface area contributed by atoms with E-state index in [-0.39, 0.29) is 32.0 Å². The Labute approximate surface area is 334 Å². The molecule has 1 heterocycles. The van der Waals surface area contributed by atoms with Gasteiger partial charge in [-0.25, -0.2) is 0 Å². The van der Waals surface area contributed by atoms with Gasteiger partial charge in [-0.2, -0.15) is 0 Å². The second-order valence-corrected chi connectivity index (χ2v) is 15.1. The van der Waals surface area contributed by atoms with Crippen molar-refractivity contribution in [1.82, 2.24) is 0 Å². The summed E-state index contributed by atoms with van der Waals surface area (Å²) in [6.45, 7) is 3.34. The fraction of sp³-hybridized carbons (Fsp3) is 0.822. The molecule has 55 heavy (non-hydrogen) atoms. The van der Waals surface area contributed by atoms with Crippen molar-refractivity contribution < 1.29 is 49.0 Å². The van der Waals surface area contributed by atoms with Crippen LogP contribution in [0.25, 0.3) is 0 Å². The van der Waals surface area contributed by atoms with Gasteiger partial charge in [0.25, 0.3) is 0 Å². The summed E-state index contributed by atoms with van der Waals surface area (Å²) in [6, 6.07) is 0. The number of allylic oxidation sites excluding steroid dienone is 6. The van der Waals surface area contributed by atoms with Gasteiger partial charge in [-0.05, 0) is 64.2 Å². The lowest BCUT2D eigenvalue weighted by atomic mass is 9.99. The molecule has 4 N–H and O–H groups in total. The van der Waals surface area contributed by atoms with Crippen molar-refractivity contribution in [3.05, 3.63) is 36.5 Å². The Kier molecular flexibility index (Phi) is 33.6. The van der Waals surface area contributed by atoms with Crippen LogP contribution in [-0.4, -0.2) is 89.0 Å². The Morgan fingerprint density at radius 3 is 1.58 bits per heavy atom. The predicted octanol–water partition coefficient (Wildman–Crippen LogP) is 9.11. The fourth-order valence-corrected chi connectivity index (χ4v) is 6.43. The number of aliphatic hydroxyl groups excluding tert-OH is 4. The zero-order valence-electron chi connectivity index (χ0n) is 34.7. The third kappa shape index (κ3) is 28.0. The van der Waals surface area contributed by atoms with Crippen LogP contribution in [-0.2, 0) is 28.5 Å². The van der Waals surface area contributed by atoms with E-state index in [0.29, 0.717) is 6.42 Å². The summed E-state index contributed by atoms with van der Waals surface area (Å²) < 4.78 is 22.1. The molecule has 1 saturated heterocycles. The summed E-state index contributed by atoms with van der Waals surface area (Å²) in [5, 5.41) is 40.0. The van der Waals surface area contributed by atoms with Crippen molar-refractivity contribution >= 4 is 11.9 Å². The van der Waals surface area contributed by atoms with E-state index < -0.39 is 49.4 Å². The summed E-state index contributed by atoms with van der Waals surface area (Å²) in [4.78, 5) is 25.3. The zero-order valence-corrected chi connectivity index (χ0v) is 34.7. The molecule has 6 atom stereocenters. The first-order valence-corrected chi connectivity index (χ1v) is 22.1. The molecule has 10 heteroatoms. The molecule has 0 spiro atoms. The smallest absolute Gasteiger partial charge is 0.306 e. The monoisotopic (exact) mass is 781 g/mol. The molecule has 10 nitrogen and oxygen atoms in total. The molecule has 0 aromatic rings. The number of rotatable bonds is 36. The van der Waals surface area contributed by atoms with Gasteiger partial charge < -0.3 is 39.4 Å². The summed E-state index contributed by atoms with van der Waals surface area (Å²) in [5.41, 5.74) is 0. The van der Waals surface area contributed by atoms with Crippen molar-refractivity contribution in [2.75, 3.05) is 19.8 Å². The second-order valence-electron chi connectivity index (χ2n) is 15.1. The van der Waals surface area contributed by atoms with Gasteiger partial charge in [-0.1, -0.05) is 140 Å². The fourth-order valence-electron chi connectivity index (χ4n) is 6.43. The molecular formula is C45H80O10. The van der Waals surface area contributed by atoms with Crippen LogP contribution in [0.4, 0.5) is 0 Å². The van der Waals surface area contributed by atoms with Crippen LogP contribution >= 0.6 is 0 Å². The van der Waals surface area contributed by atoms with Crippen LogP contribution < -0.4 is 0 Å². The minimum atomic E-state index is -1.60. The van der Waals surface area contributed by atoms with Crippen LogP contribution in [0.15, 0.2) is 36.5 Å². The maximum absolute atomic E-state index is 12.7. The highest BCUT2D eigenvalue weighted by atomic mass is 16.7. The molecule has 0 bridgehead atoms. The van der Waals surface area contributed by atoms with Gasteiger partial charge >= 0.3 is 11.9 Å². The number of hydrogen-bond acceptors (Lipinski definition) is 10. The van der Waals surface area contributed by atoms with Crippen molar-refractivity contribution in [2.24, 2.45) is 0 Å². The van der Waals surface area contributed by atoms with Crippen LogP contribution in [0.2, 0.25) is 0 Å². The molecule has 1 aliphatic rings. The van der Waals surface area contributed by atoms with Crippen LogP contribution in [0.1, 0.15) is 181 Å². The van der Waals surface area contributed by atoms with Crippen LogP contribution in [0, 0.1) is 0 Å². The Hall–Kier alpha value is -2.08. The highest BCUT2D eigenvalue weighted by Gasteiger charge is 2.44. The van der Waals surface area contributed by atoms with Gasteiger partial charge in [0.2, 0.25) is 0 Å². The quantitative estimate of drug-likeness (QED) is 0.0275. The molecule has 0 aromatic heterocycles. The van der Waals surface area contributed by atoms with E-state index in [1.54, 1.807) is 0 Å². The van der Waals surface area contributed by atoms with E-state index in [1.165, 1.54) is 70.6 Å². The van der Waals surface area contributed by atoms with Crippen molar-refractivity contribution in [3.8, 4) is 0 Å². The Morgan fingerprint density at radius 1 is 0.564 bits per heavy atom. The van der Waals surface area contributed by atoms with Crippen molar-refractivity contribution in [2.45, 2.75) is 218 Å². The predicted molar refractivity (Wildman–Crippen MR) is 219 cm³/mol. The molecule has 0 aliphatic carbocycles. The third-order valence-corrected chi connectivity index (χ3v) is 10.00. The van der Waals surface area contributed by atoms with Gasteiger partial charge in [0.15, 0.2) is 12.4 Å². The Morgan fingerprint density at radius 2 is 1.04 bits per heavy atom. The van der Waals surface area contributed by atoms with Gasteiger partial charge in [0.05, 0.1) is 13.2 Å². The Bertz CT molecular complexity index is 996. The first kappa shape index (κ1) is 50.9. The molecule has 1 aliphatic heterocycles. The average Bonchev–Trinajstić information content (AvgIpc) is 3.18. The number of carbonyl (C=O) groups is 2. The lowest BCUT2D eigenvalue weighted by Gasteiger charge is -2.39. The molecule has 320 valence electrons. The maximum Gasteiger partial charge on any atom is 0.306 e. The van der Waals surface area contributed by atoms with E-state index in [2.05, 4.69) is 50.3 Å². The SMILES string of the molecule is CCCC/C=C/CCCCCCCC(=O)O[C@@H](COC(=O)CCCCCCCCCCC/C=C/C/C=C/CCCCC)CO[C@H]1O[C@@H](CO)[C@@H](O)C(O)C1O. The normalized spacial score (nSPS) is 20.9. The van der Waals surface area contributed by atoms with E-state index in [1.807, 2.05) is 0 Å².